The Balaban J connectivity index is 0. The number of carbonyl (C=O) groups is 4. The van der Waals surface area contributed by atoms with Gasteiger partial charge in [0.05, 0.1) is 6.61 Å². The van der Waals surface area contributed by atoms with Crippen LogP contribution in [0.2, 0.25) is 0 Å². The molecule has 7 heteroatoms. The van der Waals surface area contributed by atoms with Gasteiger partial charge in [-0.25, -0.2) is 0 Å². The predicted molar refractivity (Wildman–Crippen MR) is 47.6 cm³/mol. The first kappa shape index (κ1) is 17.2. The standard InChI is InChI=1S/C9H12O6.Ni/c1-4-14-8(12)7(5(2)10)9(13)15-6(3)11;/h7H,4H2,1-3H3;. The van der Waals surface area contributed by atoms with Crippen molar-refractivity contribution in [3.63, 3.8) is 0 Å². The maximum absolute atomic E-state index is 11.2. The quantitative estimate of drug-likeness (QED) is 0.402. The Morgan fingerprint density at radius 1 is 1.06 bits per heavy atom. The maximum atomic E-state index is 11.2. The number of hydrogen-bond donors (Lipinski definition) is 0. The fourth-order valence-electron chi connectivity index (χ4n) is 0.854. The van der Waals surface area contributed by atoms with Crippen molar-refractivity contribution in [2.75, 3.05) is 6.61 Å². The Morgan fingerprint density at radius 3 is 1.88 bits per heavy atom. The maximum Gasteiger partial charge on any atom is 0.335 e. The predicted octanol–water partition coefficient (Wildman–Crippen LogP) is -0.158. The fraction of sp³-hybridized carbons (Fsp3) is 0.556. The second-order valence-corrected chi connectivity index (χ2v) is 2.71. The zero-order valence-electron chi connectivity index (χ0n) is 9.05. The molecule has 0 amide bonds. The van der Waals surface area contributed by atoms with Crippen LogP contribution in [-0.2, 0) is 45.1 Å². The molecule has 0 aromatic rings. The molecule has 0 aromatic carbocycles. The third-order valence-electron chi connectivity index (χ3n) is 1.41. The summed E-state index contributed by atoms with van der Waals surface area (Å²) < 4.78 is 8.64. The van der Waals surface area contributed by atoms with Crippen LogP contribution in [0.1, 0.15) is 20.8 Å². The average molecular weight is 275 g/mol. The topological polar surface area (TPSA) is 86.7 Å². The monoisotopic (exact) mass is 274 g/mol. The molecule has 0 saturated heterocycles. The molecule has 0 aliphatic carbocycles. The first-order valence-corrected chi connectivity index (χ1v) is 4.29. The number of rotatable bonds is 4. The number of Topliss-reactive ketones (excluding diaryl/α,β-unsaturated/α-hetero) is 1. The van der Waals surface area contributed by atoms with Crippen molar-refractivity contribution in [3.05, 3.63) is 0 Å². The number of hydrogen-bond acceptors (Lipinski definition) is 6. The third kappa shape index (κ3) is 5.60. The number of carbonyl (C=O) groups excluding carboxylic acids is 4. The molecule has 0 rings (SSSR count). The van der Waals surface area contributed by atoms with Crippen LogP contribution in [0.3, 0.4) is 0 Å². The SMILES string of the molecule is CCOC(=O)C(C(C)=O)C(=O)OC(C)=O.[Ni]. The molecular weight excluding hydrogens is 263 g/mol. The van der Waals surface area contributed by atoms with E-state index in [2.05, 4.69) is 9.47 Å². The van der Waals surface area contributed by atoms with Gasteiger partial charge in [0.2, 0.25) is 5.92 Å². The van der Waals surface area contributed by atoms with Gasteiger partial charge in [-0.15, -0.1) is 0 Å². The Labute approximate surface area is 103 Å². The van der Waals surface area contributed by atoms with Crippen molar-refractivity contribution in [2.45, 2.75) is 20.8 Å². The summed E-state index contributed by atoms with van der Waals surface area (Å²) in [5, 5.41) is 0. The van der Waals surface area contributed by atoms with Gasteiger partial charge in [-0.1, -0.05) is 0 Å². The Morgan fingerprint density at radius 2 is 1.56 bits per heavy atom. The molecule has 0 bridgehead atoms. The summed E-state index contributed by atoms with van der Waals surface area (Å²) in [4.78, 5) is 43.7. The zero-order valence-corrected chi connectivity index (χ0v) is 10.0. The van der Waals surface area contributed by atoms with E-state index in [-0.39, 0.29) is 23.1 Å². The average Bonchev–Trinajstić information content (AvgIpc) is 2.01. The number of esters is 3. The van der Waals surface area contributed by atoms with E-state index in [1.54, 1.807) is 0 Å². The molecule has 0 aromatic heterocycles. The molecular formula is C9H12NiO6. The van der Waals surface area contributed by atoms with Crippen molar-refractivity contribution in [1.29, 1.82) is 0 Å². The van der Waals surface area contributed by atoms with Gasteiger partial charge in [-0.2, -0.15) is 0 Å². The minimum atomic E-state index is -1.67. The fourth-order valence-corrected chi connectivity index (χ4v) is 0.854. The van der Waals surface area contributed by atoms with Crippen LogP contribution in [0.15, 0.2) is 0 Å². The van der Waals surface area contributed by atoms with Crippen LogP contribution in [-0.4, -0.2) is 30.3 Å². The molecule has 1 atom stereocenters. The first-order chi connectivity index (χ1) is 6.90. The first-order valence-electron chi connectivity index (χ1n) is 4.29. The smallest absolute Gasteiger partial charge is 0.335 e. The van der Waals surface area contributed by atoms with Gasteiger partial charge >= 0.3 is 17.9 Å². The third-order valence-corrected chi connectivity index (χ3v) is 1.41. The van der Waals surface area contributed by atoms with Gasteiger partial charge in [0.15, 0.2) is 5.78 Å². The number of ether oxygens (including phenoxy) is 2. The van der Waals surface area contributed by atoms with Crippen molar-refractivity contribution in [2.24, 2.45) is 5.92 Å². The molecule has 0 spiro atoms. The zero-order chi connectivity index (χ0) is 12.0. The molecule has 0 fully saturated rings. The van der Waals surface area contributed by atoms with Gasteiger partial charge in [0.25, 0.3) is 0 Å². The molecule has 16 heavy (non-hydrogen) atoms. The van der Waals surface area contributed by atoms with Crippen LogP contribution < -0.4 is 0 Å². The summed E-state index contributed by atoms with van der Waals surface area (Å²) in [5.74, 6) is -5.48. The Kier molecular flexibility index (Phi) is 8.58. The molecule has 1 unspecified atom stereocenters. The molecule has 0 aliphatic rings. The second kappa shape index (κ2) is 7.99. The normalized spacial score (nSPS) is 10.7. The molecule has 0 radical (unpaired) electrons. The molecule has 0 N–H and O–H groups in total. The van der Waals surface area contributed by atoms with Crippen LogP contribution >= 0.6 is 0 Å². The summed E-state index contributed by atoms with van der Waals surface area (Å²) in [6, 6.07) is 0. The largest absolute Gasteiger partial charge is 0.465 e. The van der Waals surface area contributed by atoms with E-state index in [4.69, 9.17) is 0 Å². The van der Waals surface area contributed by atoms with Gasteiger partial charge in [-0.05, 0) is 13.8 Å². The number of ketones is 1. The summed E-state index contributed by atoms with van der Waals surface area (Å²) in [7, 11) is 0. The van der Waals surface area contributed by atoms with E-state index in [1.807, 2.05) is 0 Å². The van der Waals surface area contributed by atoms with Crippen molar-refractivity contribution < 1.29 is 45.1 Å². The van der Waals surface area contributed by atoms with E-state index in [1.165, 1.54) is 6.92 Å². The Hall–Kier alpha value is -1.23. The molecule has 94 valence electrons. The van der Waals surface area contributed by atoms with Gasteiger partial charge < -0.3 is 9.47 Å². The van der Waals surface area contributed by atoms with Crippen molar-refractivity contribution in [1.82, 2.24) is 0 Å². The van der Waals surface area contributed by atoms with Gasteiger partial charge in [0.1, 0.15) is 0 Å². The van der Waals surface area contributed by atoms with Gasteiger partial charge in [-0.3, -0.25) is 19.2 Å². The Bertz CT molecular complexity index is 298. The van der Waals surface area contributed by atoms with E-state index < -0.39 is 29.6 Å². The molecule has 0 heterocycles. The van der Waals surface area contributed by atoms with E-state index >= 15 is 0 Å². The molecule has 0 aliphatic heterocycles. The minimum absolute atomic E-state index is 0. The van der Waals surface area contributed by atoms with Gasteiger partial charge in [0, 0.05) is 23.4 Å². The van der Waals surface area contributed by atoms with Crippen LogP contribution in [0.4, 0.5) is 0 Å². The van der Waals surface area contributed by atoms with Crippen molar-refractivity contribution >= 4 is 23.7 Å². The summed E-state index contributed by atoms with van der Waals surface area (Å²) in [6.07, 6.45) is 0. The molecule has 6 nitrogen and oxygen atoms in total. The summed E-state index contributed by atoms with van der Waals surface area (Å²) in [5.41, 5.74) is 0. The second-order valence-electron chi connectivity index (χ2n) is 2.71. The van der Waals surface area contributed by atoms with Crippen LogP contribution in [0.25, 0.3) is 0 Å². The summed E-state index contributed by atoms with van der Waals surface area (Å²) in [6.45, 7) is 3.62. The van der Waals surface area contributed by atoms with E-state index in [0.29, 0.717) is 0 Å². The minimum Gasteiger partial charge on any atom is -0.465 e. The van der Waals surface area contributed by atoms with Crippen LogP contribution in [0, 0.1) is 5.92 Å². The summed E-state index contributed by atoms with van der Waals surface area (Å²) >= 11 is 0. The van der Waals surface area contributed by atoms with Crippen LogP contribution in [0.5, 0.6) is 0 Å². The van der Waals surface area contributed by atoms with E-state index in [9.17, 15) is 19.2 Å². The van der Waals surface area contributed by atoms with E-state index in [0.717, 1.165) is 13.8 Å². The molecule has 0 saturated carbocycles. The van der Waals surface area contributed by atoms with Crippen molar-refractivity contribution in [3.8, 4) is 0 Å².